The first kappa shape index (κ1) is 16.9. The lowest BCUT2D eigenvalue weighted by Gasteiger charge is -2.41. The van der Waals surface area contributed by atoms with Crippen molar-refractivity contribution in [3.8, 4) is 11.5 Å². The van der Waals surface area contributed by atoms with Crippen LogP contribution in [0.3, 0.4) is 0 Å². The minimum absolute atomic E-state index is 0.0524. The number of methoxy groups -OCH3 is 2. The summed E-state index contributed by atoms with van der Waals surface area (Å²) in [5, 5.41) is 5.48. The Morgan fingerprint density at radius 3 is 2.48 bits per heavy atom. The topological polar surface area (TPSA) is 112 Å². The Labute approximate surface area is 134 Å². The molecule has 0 saturated carbocycles. The maximum atomic E-state index is 12.0. The van der Waals surface area contributed by atoms with Crippen LogP contribution in [-0.2, 0) is 16.1 Å². The summed E-state index contributed by atoms with van der Waals surface area (Å²) in [5.74, 6) is 0.728. The summed E-state index contributed by atoms with van der Waals surface area (Å²) in [6, 6.07) is 4.99. The predicted molar refractivity (Wildman–Crippen MR) is 82.3 cm³/mol. The highest BCUT2D eigenvalue weighted by atomic mass is 16.5. The maximum Gasteiger partial charge on any atom is 0.315 e. The van der Waals surface area contributed by atoms with Gasteiger partial charge >= 0.3 is 6.03 Å². The molecule has 0 unspecified atom stereocenters. The first-order valence-corrected chi connectivity index (χ1v) is 7.11. The van der Waals surface area contributed by atoms with Crippen LogP contribution in [0.25, 0.3) is 0 Å². The van der Waals surface area contributed by atoms with Gasteiger partial charge in [0.15, 0.2) is 11.5 Å². The average Bonchev–Trinajstić information content (AvgIpc) is 2.49. The molecule has 1 aromatic rings. The number of benzene rings is 1. The lowest BCUT2D eigenvalue weighted by atomic mass is 9.93. The van der Waals surface area contributed by atoms with Gasteiger partial charge in [0.05, 0.1) is 39.4 Å². The molecule has 0 aromatic heterocycles. The van der Waals surface area contributed by atoms with Gasteiger partial charge in [0.2, 0.25) is 5.91 Å². The summed E-state index contributed by atoms with van der Waals surface area (Å²) in [6.07, 6.45) is 0.0524. The van der Waals surface area contributed by atoms with E-state index < -0.39 is 11.4 Å². The first-order valence-electron chi connectivity index (χ1n) is 7.11. The number of ether oxygens (including phenoxy) is 3. The smallest absolute Gasteiger partial charge is 0.315 e. The Morgan fingerprint density at radius 1 is 1.26 bits per heavy atom. The number of nitrogens with two attached hydrogens (primary N) is 1. The lowest BCUT2D eigenvalue weighted by Crippen LogP contribution is -2.65. The molecule has 0 atom stereocenters. The molecule has 2 rings (SSSR count). The standard InChI is InChI=1S/C15H21N3O5/c1-21-11-4-3-10(5-12(11)22-2)7-17-14(20)18-15(6-13(16)19)8-23-9-15/h3-5H,6-9H2,1-2H3,(H2,16,19)(H2,17,18,20). The molecule has 126 valence electrons. The van der Waals surface area contributed by atoms with Crippen LogP contribution in [0.5, 0.6) is 11.5 Å². The number of rotatable bonds is 7. The maximum absolute atomic E-state index is 12.0. The van der Waals surface area contributed by atoms with Gasteiger partial charge in [-0.15, -0.1) is 0 Å². The molecule has 23 heavy (non-hydrogen) atoms. The second-order valence-corrected chi connectivity index (χ2v) is 5.41. The number of primary amides is 1. The first-order chi connectivity index (χ1) is 11.0. The van der Waals surface area contributed by atoms with Crippen LogP contribution in [0, 0.1) is 0 Å². The highest BCUT2D eigenvalue weighted by Crippen LogP contribution is 2.27. The molecule has 1 aliphatic rings. The van der Waals surface area contributed by atoms with Crippen molar-refractivity contribution in [3.63, 3.8) is 0 Å². The Bertz CT molecular complexity index is 586. The third-order valence-corrected chi connectivity index (χ3v) is 3.55. The summed E-state index contributed by atoms with van der Waals surface area (Å²) < 4.78 is 15.5. The Kier molecular flexibility index (Phi) is 5.28. The number of carbonyl (C=O) groups is 2. The quantitative estimate of drug-likeness (QED) is 0.661. The van der Waals surface area contributed by atoms with E-state index in [4.69, 9.17) is 19.9 Å². The van der Waals surface area contributed by atoms with E-state index in [0.717, 1.165) is 5.56 Å². The molecule has 1 fully saturated rings. The molecule has 1 heterocycles. The molecule has 3 amide bonds. The number of nitrogens with one attached hydrogen (secondary N) is 2. The molecule has 0 aliphatic carbocycles. The van der Waals surface area contributed by atoms with E-state index in [1.807, 2.05) is 6.07 Å². The number of carbonyl (C=O) groups excluding carboxylic acids is 2. The van der Waals surface area contributed by atoms with E-state index in [1.165, 1.54) is 0 Å². The molecule has 4 N–H and O–H groups in total. The minimum atomic E-state index is -0.701. The Morgan fingerprint density at radius 2 is 1.96 bits per heavy atom. The van der Waals surface area contributed by atoms with E-state index in [1.54, 1.807) is 26.4 Å². The zero-order valence-corrected chi connectivity index (χ0v) is 13.2. The molecule has 0 bridgehead atoms. The van der Waals surface area contributed by atoms with Crippen molar-refractivity contribution in [3.05, 3.63) is 23.8 Å². The zero-order valence-electron chi connectivity index (χ0n) is 13.2. The average molecular weight is 323 g/mol. The number of amides is 3. The Hall–Kier alpha value is -2.48. The molecule has 1 aromatic carbocycles. The Balaban J connectivity index is 1.90. The van der Waals surface area contributed by atoms with Gasteiger partial charge in [-0.1, -0.05) is 6.07 Å². The molecule has 0 spiro atoms. The third-order valence-electron chi connectivity index (χ3n) is 3.55. The monoisotopic (exact) mass is 323 g/mol. The highest BCUT2D eigenvalue weighted by molar-refractivity contribution is 5.79. The van der Waals surface area contributed by atoms with Crippen molar-refractivity contribution in [2.24, 2.45) is 5.73 Å². The van der Waals surface area contributed by atoms with Crippen LogP contribution < -0.4 is 25.8 Å². The number of hydrogen-bond donors (Lipinski definition) is 3. The predicted octanol–water partition coefficient (Wildman–Crippen LogP) is 0.147. The van der Waals surface area contributed by atoms with Crippen molar-refractivity contribution in [2.75, 3.05) is 27.4 Å². The van der Waals surface area contributed by atoms with Gasteiger partial charge in [0.1, 0.15) is 0 Å². The van der Waals surface area contributed by atoms with Crippen LogP contribution >= 0.6 is 0 Å². The lowest BCUT2D eigenvalue weighted by molar-refractivity contribution is -0.127. The van der Waals surface area contributed by atoms with Crippen LogP contribution in [-0.4, -0.2) is 44.9 Å². The van der Waals surface area contributed by atoms with E-state index in [-0.39, 0.29) is 25.7 Å². The van der Waals surface area contributed by atoms with E-state index in [0.29, 0.717) is 18.0 Å². The fourth-order valence-corrected chi connectivity index (χ4v) is 2.36. The highest BCUT2D eigenvalue weighted by Gasteiger charge is 2.41. The third kappa shape index (κ3) is 4.26. The molecular formula is C15H21N3O5. The van der Waals surface area contributed by atoms with Crippen LogP contribution in [0.1, 0.15) is 12.0 Å². The van der Waals surface area contributed by atoms with Crippen molar-refractivity contribution in [1.82, 2.24) is 10.6 Å². The van der Waals surface area contributed by atoms with Crippen molar-refractivity contribution < 1.29 is 23.8 Å². The second-order valence-electron chi connectivity index (χ2n) is 5.41. The normalized spacial score (nSPS) is 15.2. The summed E-state index contributed by atoms with van der Waals surface area (Å²) >= 11 is 0. The van der Waals surface area contributed by atoms with Crippen molar-refractivity contribution >= 4 is 11.9 Å². The van der Waals surface area contributed by atoms with Gasteiger partial charge in [-0.2, -0.15) is 0 Å². The fraction of sp³-hybridized carbons (Fsp3) is 0.467. The van der Waals surface area contributed by atoms with Crippen LogP contribution in [0.15, 0.2) is 18.2 Å². The SMILES string of the molecule is COc1ccc(CNC(=O)NC2(CC(N)=O)COC2)cc1OC. The summed E-state index contributed by atoms with van der Waals surface area (Å²) in [6.45, 7) is 0.860. The molecule has 0 radical (unpaired) electrons. The molecule has 1 saturated heterocycles. The molecule has 8 nitrogen and oxygen atoms in total. The van der Waals surface area contributed by atoms with Gasteiger partial charge in [0.25, 0.3) is 0 Å². The second kappa shape index (κ2) is 7.19. The summed E-state index contributed by atoms with van der Waals surface area (Å²) in [4.78, 5) is 23.1. The molecule has 8 heteroatoms. The van der Waals surface area contributed by atoms with Gasteiger partial charge in [-0.25, -0.2) is 4.79 Å². The van der Waals surface area contributed by atoms with Crippen molar-refractivity contribution in [2.45, 2.75) is 18.5 Å². The fourth-order valence-electron chi connectivity index (χ4n) is 2.36. The van der Waals surface area contributed by atoms with Gasteiger partial charge in [0, 0.05) is 6.54 Å². The molecular weight excluding hydrogens is 302 g/mol. The van der Waals surface area contributed by atoms with Gasteiger partial charge in [-0.05, 0) is 17.7 Å². The number of urea groups is 1. The van der Waals surface area contributed by atoms with Crippen LogP contribution in [0.2, 0.25) is 0 Å². The van der Waals surface area contributed by atoms with Crippen molar-refractivity contribution in [1.29, 1.82) is 0 Å². The molecule has 1 aliphatic heterocycles. The zero-order chi connectivity index (χ0) is 16.9. The minimum Gasteiger partial charge on any atom is -0.493 e. The van der Waals surface area contributed by atoms with E-state index in [9.17, 15) is 9.59 Å². The van der Waals surface area contributed by atoms with Gasteiger partial charge in [-0.3, -0.25) is 4.79 Å². The largest absolute Gasteiger partial charge is 0.493 e. The summed E-state index contributed by atoms with van der Waals surface area (Å²) in [7, 11) is 3.11. The van der Waals surface area contributed by atoms with Crippen LogP contribution in [0.4, 0.5) is 4.79 Å². The number of hydrogen-bond acceptors (Lipinski definition) is 5. The van der Waals surface area contributed by atoms with E-state index in [2.05, 4.69) is 10.6 Å². The summed E-state index contributed by atoms with van der Waals surface area (Å²) in [5.41, 5.74) is 5.35. The van der Waals surface area contributed by atoms with Gasteiger partial charge < -0.3 is 30.6 Å². The van der Waals surface area contributed by atoms with E-state index >= 15 is 0 Å².